The number of nitriles is 1. The molecule has 11 heteroatoms. The first-order chi connectivity index (χ1) is 18.2. The van der Waals surface area contributed by atoms with Gasteiger partial charge in [0.1, 0.15) is 5.82 Å². The third-order valence-corrected chi connectivity index (χ3v) is 6.17. The maximum absolute atomic E-state index is 13.1. The smallest absolute Gasteiger partial charge is 0.255 e. The zero-order chi connectivity index (χ0) is 27.3. The highest BCUT2D eigenvalue weighted by Gasteiger charge is 2.23. The van der Waals surface area contributed by atoms with E-state index in [-0.39, 0.29) is 5.91 Å². The minimum Gasteiger partial charge on any atom is -0.392 e. The second-order valence-corrected chi connectivity index (χ2v) is 9.74. The molecule has 1 aliphatic heterocycles. The first-order valence-electron chi connectivity index (χ1n) is 12.5. The Hall–Kier alpha value is -4.14. The molecule has 4 heterocycles. The number of ether oxygens (including phenoxy) is 1. The van der Waals surface area contributed by atoms with Crippen molar-refractivity contribution in [1.82, 2.24) is 19.9 Å². The van der Waals surface area contributed by atoms with Crippen molar-refractivity contribution in [3.63, 3.8) is 0 Å². The number of carbonyl (C=O) groups is 1. The standard InChI is InChI=1S/C27H32N8O3/c1-17(36)14-31-26-33-22(13-24(34-26)35-7-9-38-10-8-35)21-12-20(15-30-18(21)2)32-25(37)19-5-6-29-23(11-19)27(3,4)16-28/h5-6,11-13,15,17,36H,7-10,14H2,1-4H3,(H,32,37)(H,31,33,34). The number of nitrogens with one attached hydrogen (secondary N) is 2. The van der Waals surface area contributed by atoms with Crippen LogP contribution in [0.5, 0.6) is 0 Å². The fraction of sp³-hybridized carbons (Fsp3) is 0.407. The Morgan fingerprint density at radius 1 is 1.24 bits per heavy atom. The van der Waals surface area contributed by atoms with Crippen molar-refractivity contribution in [2.75, 3.05) is 48.4 Å². The maximum Gasteiger partial charge on any atom is 0.255 e. The van der Waals surface area contributed by atoms with E-state index in [0.717, 1.165) is 17.1 Å². The van der Waals surface area contributed by atoms with Crippen LogP contribution in [0.2, 0.25) is 0 Å². The van der Waals surface area contributed by atoms with Crippen LogP contribution in [0.25, 0.3) is 11.3 Å². The van der Waals surface area contributed by atoms with E-state index in [1.807, 2.05) is 19.1 Å². The van der Waals surface area contributed by atoms with Crippen molar-refractivity contribution in [1.29, 1.82) is 5.26 Å². The Balaban J connectivity index is 1.64. The van der Waals surface area contributed by atoms with Crippen molar-refractivity contribution in [3.05, 3.63) is 53.6 Å². The van der Waals surface area contributed by atoms with Crippen LogP contribution in [0.3, 0.4) is 0 Å². The maximum atomic E-state index is 13.1. The number of aliphatic hydroxyl groups excluding tert-OH is 1. The monoisotopic (exact) mass is 516 g/mol. The lowest BCUT2D eigenvalue weighted by Crippen LogP contribution is -2.37. The topological polar surface area (TPSA) is 149 Å². The van der Waals surface area contributed by atoms with E-state index < -0.39 is 11.5 Å². The molecule has 38 heavy (non-hydrogen) atoms. The summed E-state index contributed by atoms with van der Waals surface area (Å²) < 4.78 is 5.48. The minimum absolute atomic E-state index is 0.301. The van der Waals surface area contributed by atoms with Gasteiger partial charge >= 0.3 is 0 Å². The predicted octanol–water partition coefficient (Wildman–Crippen LogP) is 2.92. The van der Waals surface area contributed by atoms with Gasteiger partial charge in [-0.1, -0.05) is 0 Å². The third-order valence-electron chi connectivity index (χ3n) is 6.17. The molecule has 3 aromatic rings. The second-order valence-electron chi connectivity index (χ2n) is 9.74. The van der Waals surface area contributed by atoms with Gasteiger partial charge in [-0.2, -0.15) is 10.2 Å². The van der Waals surface area contributed by atoms with Crippen molar-refractivity contribution >= 4 is 23.4 Å². The zero-order valence-electron chi connectivity index (χ0n) is 22.0. The molecule has 11 nitrogen and oxygen atoms in total. The van der Waals surface area contributed by atoms with E-state index in [0.29, 0.717) is 61.4 Å². The summed E-state index contributed by atoms with van der Waals surface area (Å²) in [7, 11) is 0. The number of pyridine rings is 2. The molecule has 1 saturated heterocycles. The SMILES string of the molecule is Cc1ncc(NC(=O)c2ccnc(C(C)(C)C#N)c2)cc1-c1cc(N2CCOCC2)nc(NCC(C)O)n1. The highest BCUT2D eigenvalue weighted by Crippen LogP contribution is 2.28. The number of aryl methyl sites for hydroxylation is 1. The molecule has 1 aliphatic rings. The van der Waals surface area contributed by atoms with Gasteiger partial charge < -0.3 is 25.4 Å². The van der Waals surface area contributed by atoms with Gasteiger partial charge in [-0.25, -0.2) is 4.98 Å². The van der Waals surface area contributed by atoms with Gasteiger partial charge in [-0.15, -0.1) is 0 Å². The van der Waals surface area contributed by atoms with Crippen LogP contribution in [-0.2, 0) is 10.2 Å². The van der Waals surface area contributed by atoms with Crippen LogP contribution < -0.4 is 15.5 Å². The molecule has 0 spiro atoms. The number of rotatable bonds is 8. The number of nitrogens with zero attached hydrogens (tertiary/aromatic N) is 6. The summed E-state index contributed by atoms with van der Waals surface area (Å²) in [5, 5.41) is 25.2. The van der Waals surface area contributed by atoms with E-state index in [1.165, 1.54) is 6.20 Å². The fourth-order valence-electron chi connectivity index (χ4n) is 3.88. The van der Waals surface area contributed by atoms with Crippen LogP contribution in [0.1, 0.15) is 42.5 Å². The van der Waals surface area contributed by atoms with Crippen molar-refractivity contribution in [2.45, 2.75) is 39.2 Å². The van der Waals surface area contributed by atoms with Crippen LogP contribution in [0.15, 0.2) is 36.7 Å². The van der Waals surface area contributed by atoms with Gasteiger partial charge in [0, 0.05) is 48.7 Å². The Labute approximate surface area is 221 Å². The van der Waals surface area contributed by atoms with Crippen LogP contribution in [0.4, 0.5) is 17.5 Å². The molecular weight excluding hydrogens is 484 g/mol. The minimum atomic E-state index is -0.820. The molecule has 0 aromatic carbocycles. The zero-order valence-corrected chi connectivity index (χ0v) is 22.0. The normalized spacial score (nSPS) is 14.5. The first-order valence-corrected chi connectivity index (χ1v) is 12.5. The Bertz CT molecular complexity index is 1350. The number of morpholine rings is 1. The first kappa shape index (κ1) is 26.9. The van der Waals surface area contributed by atoms with E-state index in [9.17, 15) is 15.2 Å². The summed E-state index contributed by atoms with van der Waals surface area (Å²) in [4.78, 5) is 33.2. The highest BCUT2D eigenvalue weighted by molar-refractivity contribution is 6.04. The molecule has 1 atom stereocenters. The Morgan fingerprint density at radius 3 is 2.71 bits per heavy atom. The molecule has 198 valence electrons. The summed E-state index contributed by atoms with van der Waals surface area (Å²) in [5.74, 6) is 0.794. The lowest BCUT2D eigenvalue weighted by atomic mass is 9.90. The van der Waals surface area contributed by atoms with Gasteiger partial charge in [-0.3, -0.25) is 14.8 Å². The second kappa shape index (κ2) is 11.5. The number of anilines is 3. The van der Waals surface area contributed by atoms with Crippen LogP contribution in [0, 0.1) is 18.3 Å². The molecule has 0 aliphatic carbocycles. The molecule has 0 radical (unpaired) electrons. The van der Waals surface area contributed by atoms with E-state index in [4.69, 9.17) is 4.74 Å². The molecule has 3 aromatic heterocycles. The largest absolute Gasteiger partial charge is 0.392 e. The van der Waals surface area contributed by atoms with Crippen molar-refractivity contribution in [3.8, 4) is 17.3 Å². The van der Waals surface area contributed by atoms with Gasteiger partial charge in [-0.05, 0) is 45.9 Å². The van der Waals surface area contributed by atoms with Crippen LogP contribution >= 0.6 is 0 Å². The number of aliphatic hydroxyl groups is 1. The summed E-state index contributed by atoms with van der Waals surface area (Å²) >= 11 is 0. The Kier molecular flexibility index (Phi) is 8.14. The number of hydrogen-bond acceptors (Lipinski definition) is 10. The van der Waals surface area contributed by atoms with Gasteiger partial charge in [0.15, 0.2) is 0 Å². The molecule has 3 N–H and O–H groups in total. The van der Waals surface area contributed by atoms with E-state index in [2.05, 4.69) is 41.5 Å². The molecule has 4 rings (SSSR count). The summed E-state index contributed by atoms with van der Waals surface area (Å²) in [5.41, 5.74) is 2.70. The molecule has 0 saturated carbocycles. The molecule has 1 unspecified atom stereocenters. The van der Waals surface area contributed by atoms with E-state index in [1.54, 1.807) is 39.1 Å². The van der Waals surface area contributed by atoms with Crippen molar-refractivity contribution in [2.24, 2.45) is 0 Å². The molecule has 0 bridgehead atoms. The quantitative estimate of drug-likeness (QED) is 0.408. The average Bonchev–Trinajstić information content (AvgIpc) is 2.93. The van der Waals surface area contributed by atoms with Crippen molar-refractivity contribution < 1.29 is 14.6 Å². The van der Waals surface area contributed by atoms with E-state index >= 15 is 0 Å². The van der Waals surface area contributed by atoms with Gasteiger partial charge in [0.2, 0.25) is 5.95 Å². The molecule has 1 amide bonds. The predicted molar refractivity (Wildman–Crippen MR) is 144 cm³/mol. The molecule has 1 fully saturated rings. The summed E-state index contributed by atoms with van der Waals surface area (Å²) in [6.07, 6.45) is 2.55. The summed E-state index contributed by atoms with van der Waals surface area (Å²) in [6, 6.07) is 9.16. The number of amides is 1. The third kappa shape index (κ3) is 6.40. The fourth-order valence-corrected chi connectivity index (χ4v) is 3.88. The Morgan fingerprint density at radius 2 is 2.00 bits per heavy atom. The number of aromatic nitrogens is 4. The lowest BCUT2D eigenvalue weighted by molar-refractivity contribution is 0.102. The molecular formula is C27H32N8O3. The van der Waals surface area contributed by atoms with Gasteiger partial charge in [0.25, 0.3) is 5.91 Å². The van der Waals surface area contributed by atoms with Crippen LogP contribution in [-0.4, -0.2) is 69.9 Å². The summed E-state index contributed by atoms with van der Waals surface area (Å²) in [6.45, 7) is 10.0. The highest BCUT2D eigenvalue weighted by atomic mass is 16.5. The number of hydrogen-bond donors (Lipinski definition) is 3. The average molecular weight is 517 g/mol. The lowest BCUT2D eigenvalue weighted by Gasteiger charge is -2.28. The number of carbonyl (C=O) groups excluding carboxylic acids is 1. The van der Waals surface area contributed by atoms with Gasteiger partial charge in [0.05, 0.1) is 54.1 Å².